The van der Waals surface area contributed by atoms with Crippen molar-refractivity contribution in [2.75, 3.05) is 11.4 Å². The van der Waals surface area contributed by atoms with Crippen LogP contribution in [0.2, 0.25) is 0 Å². The molecule has 0 aliphatic carbocycles. The van der Waals surface area contributed by atoms with Gasteiger partial charge in [-0.2, -0.15) is 0 Å². The maximum Gasteiger partial charge on any atom is 0.336 e. The molecule has 5 nitrogen and oxygen atoms in total. The van der Waals surface area contributed by atoms with Crippen molar-refractivity contribution in [1.29, 1.82) is 0 Å². The number of rotatable bonds is 3. The zero-order valence-electron chi connectivity index (χ0n) is 13.6. The lowest BCUT2D eigenvalue weighted by Gasteiger charge is -2.22. The van der Waals surface area contributed by atoms with Gasteiger partial charge in [0.1, 0.15) is 5.58 Å². The van der Waals surface area contributed by atoms with Crippen LogP contribution in [0.4, 0.5) is 5.69 Å². The van der Waals surface area contributed by atoms with Crippen LogP contribution in [0.15, 0.2) is 62.6 Å². The van der Waals surface area contributed by atoms with Crippen LogP contribution >= 0.6 is 0 Å². The Morgan fingerprint density at radius 1 is 1.00 bits per heavy atom. The number of anilines is 1. The number of aryl methyl sites for hydroxylation is 1. The molecular weight excluding hydrogens is 326 g/mol. The van der Waals surface area contributed by atoms with Crippen LogP contribution in [-0.2, 0) is 10.0 Å². The van der Waals surface area contributed by atoms with Gasteiger partial charge in [0, 0.05) is 18.5 Å². The van der Waals surface area contributed by atoms with E-state index in [9.17, 15) is 13.2 Å². The minimum absolute atomic E-state index is 0.146. The lowest BCUT2D eigenvalue weighted by Crippen LogP contribution is -2.27. The third kappa shape index (κ3) is 2.69. The van der Waals surface area contributed by atoms with Crippen molar-refractivity contribution >= 4 is 26.7 Å². The lowest BCUT2D eigenvalue weighted by molar-refractivity contribution is 0.560. The molecule has 0 bridgehead atoms. The first-order valence-electron chi connectivity index (χ1n) is 7.40. The Hall–Kier alpha value is -2.60. The number of sulfonamides is 1. The third-order valence-corrected chi connectivity index (χ3v) is 5.93. The SMILES string of the molecule is Cc1cccc(N(C)S(=O)(=O)c2ccc3oc(=O)ccc3c2)c1C. The Morgan fingerprint density at radius 3 is 2.50 bits per heavy atom. The monoisotopic (exact) mass is 343 g/mol. The van der Waals surface area contributed by atoms with Crippen LogP contribution in [0.5, 0.6) is 0 Å². The summed E-state index contributed by atoms with van der Waals surface area (Å²) in [5.74, 6) is 0. The van der Waals surface area contributed by atoms with Crippen molar-refractivity contribution in [3.05, 3.63) is 70.1 Å². The molecule has 0 saturated heterocycles. The van der Waals surface area contributed by atoms with Gasteiger partial charge in [0.05, 0.1) is 10.6 Å². The number of hydrogen-bond acceptors (Lipinski definition) is 4. The molecular formula is C18H17NO4S. The second-order valence-corrected chi connectivity index (χ2v) is 7.61. The van der Waals surface area contributed by atoms with E-state index in [1.165, 1.54) is 35.6 Å². The zero-order valence-corrected chi connectivity index (χ0v) is 14.4. The van der Waals surface area contributed by atoms with Crippen LogP contribution in [-0.4, -0.2) is 15.5 Å². The Morgan fingerprint density at radius 2 is 1.75 bits per heavy atom. The van der Waals surface area contributed by atoms with Crippen molar-refractivity contribution in [3.8, 4) is 0 Å². The van der Waals surface area contributed by atoms with Gasteiger partial charge in [-0.15, -0.1) is 0 Å². The molecule has 0 fully saturated rings. The zero-order chi connectivity index (χ0) is 17.5. The summed E-state index contributed by atoms with van der Waals surface area (Å²) in [5, 5.41) is 0.560. The molecule has 3 rings (SSSR count). The molecule has 0 unspecified atom stereocenters. The summed E-state index contributed by atoms with van der Waals surface area (Å²) >= 11 is 0. The molecule has 3 aromatic rings. The van der Waals surface area contributed by atoms with E-state index in [0.29, 0.717) is 16.7 Å². The molecule has 0 N–H and O–H groups in total. The molecule has 0 aliphatic rings. The van der Waals surface area contributed by atoms with Gasteiger partial charge >= 0.3 is 5.63 Å². The molecule has 124 valence electrons. The molecule has 0 amide bonds. The van der Waals surface area contributed by atoms with Crippen LogP contribution in [0, 0.1) is 13.8 Å². The highest BCUT2D eigenvalue weighted by atomic mass is 32.2. The van der Waals surface area contributed by atoms with E-state index in [1.807, 2.05) is 26.0 Å². The van der Waals surface area contributed by atoms with Crippen molar-refractivity contribution in [2.45, 2.75) is 18.7 Å². The summed E-state index contributed by atoms with van der Waals surface area (Å²) in [6, 6.07) is 12.8. The summed E-state index contributed by atoms with van der Waals surface area (Å²) in [5.41, 5.74) is 2.46. The highest BCUT2D eigenvalue weighted by molar-refractivity contribution is 7.92. The quantitative estimate of drug-likeness (QED) is 0.685. The second kappa shape index (κ2) is 5.79. The van der Waals surface area contributed by atoms with Crippen molar-refractivity contribution in [2.24, 2.45) is 0 Å². The van der Waals surface area contributed by atoms with Gasteiger partial charge in [-0.05, 0) is 55.3 Å². The van der Waals surface area contributed by atoms with Gasteiger partial charge in [-0.25, -0.2) is 13.2 Å². The fourth-order valence-corrected chi connectivity index (χ4v) is 3.86. The van der Waals surface area contributed by atoms with Crippen molar-refractivity contribution in [1.82, 2.24) is 0 Å². The molecule has 0 atom stereocenters. The maximum absolute atomic E-state index is 12.9. The molecule has 1 aromatic heterocycles. The molecule has 0 radical (unpaired) electrons. The van der Waals surface area contributed by atoms with Gasteiger partial charge in [-0.1, -0.05) is 12.1 Å². The van der Waals surface area contributed by atoms with Crippen LogP contribution in [0.25, 0.3) is 11.0 Å². The summed E-state index contributed by atoms with van der Waals surface area (Å²) < 4.78 is 32.2. The Balaban J connectivity index is 2.11. The number of nitrogens with zero attached hydrogens (tertiary/aromatic N) is 1. The van der Waals surface area contributed by atoms with Gasteiger partial charge in [-0.3, -0.25) is 4.31 Å². The van der Waals surface area contributed by atoms with Gasteiger partial charge < -0.3 is 4.42 Å². The molecule has 6 heteroatoms. The van der Waals surface area contributed by atoms with E-state index in [0.717, 1.165) is 11.1 Å². The first kappa shape index (κ1) is 16.3. The topological polar surface area (TPSA) is 67.6 Å². The molecule has 24 heavy (non-hydrogen) atoms. The third-order valence-electron chi connectivity index (χ3n) is 4.16. The smallest absolute Gasteiger partial charge is 0.336 e. The minimum Gasteiger partial charge on any atom is -0.423 e. The average molecular weight is 343 g/mol. The van der Waals surface area contributed by atoms with E-state index in [1.54, 1.807) is 12.1 Å². The highest BCUT2D eigenvalue weighted by Gasteiger charge is 2.23. The normalized spacial score (nSPS) is 11.6. The van der Waals surface area contributed by atoms with E-state index in [-0.39, 0.29) is 4.90 Å². The Kier molecular flexibility index (Phi) is 3.93. The van der Waals surface area contributed by atoms with Gasteiger partial charge in [0.2, 0.25) is 0 Å². The van der Waals surface area contributed by atoms with Gasteiger partial charge in [0.15, 0.2) is 0 Å². The Bertz CT molecular complexity index is 1080. The van der Waals surface area contributed by atoms with Crippen LogP contribution in [0.1, 0.15) is 11.1 Å². The predicted octanol–water partition coefficient (Wildman–Crippen LogP) is 3.23. The summed E-state index contributed by atoms with van der Waals surface area (Å²) in [6.45, 7) is 3.84. The summed E-state index contributed by atoms with van der Waals surface area (Å²) in [6.07, 6.45) is 0. The molecule has 0 aliphatic heterocycles. The molecule has 1 heterocycles. The maximum atomic E-state index is 12.9. The minimum atomic E-state index is -3.72. The highest BCUT2D eigenvalue weighted by Crippen LogP contribution is 2.28. The first-order chi connectivity index (χ1) is 11.3. The fraction of sp³-hybridized carbons (Fsp3) is 0.167. The fourth-order valence-electron chi connectivity index (χ4n) is 2.57. The van der Waals surface area contributed by atoms with Crippen molar-refractivity contribution < 1.29 is 12.8 Å². The largest absolute Gasteiger partial charge is 0.423 e. The first-order valence-corrected chi connectivity index (χ1v) is 8.84. The number of fused-ring (bicyclic) bond motifs is 1. The molecule has 0 saturated carbocycles. The Labute approximate surface area is 140 Å². The van der Waals surface area contributed by atoms with E-state index in [2.05, 4.69) is 0 Å². The lowest BCUT2D eigenvalue weighted by atomic mass is 10.1. The second-order valence-electron chi connectivity index (χ2n) is 5.65. The molecule has 2 aromatic carbocycles. The van der Waals surface area contributed by atoms with E-state index < -0.39 is 15.6 Å². The molecule has 0 spiro atoms. The van der Waals surface area contributed by atoms with Gasteiger partial charge in [0.25, 0.3) is 10.0 Å². The van der Waals surface area contributed by atoms with E-state index >= 15 is 0 Å². The average Bonchev–Trinajstić information content (AvgIpc) is 2.56. The number of hydrogen-bond donors (Lipinski definition) is 0. The van der Waals surface area contributed by atoms with E-state index in [4.69, 9.17) is 4.42 Å². The number of benzene rings is 2. The summed E-state index contributed by atoms with van der Waals surface area (Å²) in [7, 11) is -2.19. The standard InChI is InChI=1S/C18H17NO4S/c1-12-5-4-6-16(13(12)2)19(3)24(21,22)15-8-9-17-14(11-15)7-10-18(20)23-17/h4-11H,1-3H3. The predicted molar refractivity (Wildman–Crippen MR) is 94.0 cm³/mol. The van der Waals surface area contributed by atoms with Crippen LogP contribution in [0.3, 0.4) is 0 Å². The summed E-state index contributed by atoms with van der Waals surface area (Å²) in [4.78, 5) is 11.4. The van der Waals surface area contributed by atoms with Crippen LogP contribution < -0.4 is 9.93 Å². The van der Waals surface area contributed by atoms with Crippen molar-refractivity contribution in [3.63, 3.8) is 0 Å².